The van der Waals surface area contributed by atoms with Gasteiger partial charge in [-0.15, -0.1) is 0 Å². The minimum atomic E-state index is -1.00. The lowest BCUT2D eigenvalue weighted by Gasteiger charge is -2.15. The summed E-state index contributed by atoms with van der Waals surface area (Å²) < 4.78 is 33.5. The number of aliphatic hydroxyl groups is 2. The second-order valence-corrected chi connectivity index (χ2v) is 13.8. The van der Waals surface area contributed by atoms with Crippen LogP contribution in [0.2, 0.25) is 0 Å². The third-order valence-corrected chi connectivity index (χ3v) is 9.71. The highest BCUT2D eigenvalue weighted by molar-refractivity contribution is 6.00. The summed E-state index contributed by atoms with van der Waals surface area (Å²) in [5.41, 5.74) is 4.87. The van der Waals surface area contributed by atoms with E-state index in [-0.39, 0.29) is 26.4 Å². The molecule has 0 spiro atoms. The molecule has 2 aliphatic rings. The lowest BCUT2D eigenvalue weighted by molar-refractivity contribution is 0.0127. The zero-order valence-corrected chi connectivity index (χ0v) is 31.0. The number of carbonyl (C=O) groups excluding carboxylic acids is 2. The van der Waals surface area contributed by atoms with Gasteiger partial charge in [0, 0.05) is 11.1 Å². The Morgan fingerprint density at radius 1 is 0.544 bits per heavy atom. The number of carbonyl (C=O) groups is 2. The molecule has 57 heavy (non-hydrogen) atoms. The van der Waals surface area contributed by atoms with Gasteiger partial charge in [-0.25, -0.2) is 9.59 Å². The van der Waals surface area contributed by atoms with E-state index in [2.05, 4.69) is 0 Å². The Morgan fingerprint density at radius 3 is 1.42 bits per heavy atom. The van der Waals surface area contributed by atoms with Crippen LogP contribution in [0.4, 0.5) is 0 Å². The molecule has 0 bridgehead atoms. The lowest BCUT2D eigenvalue weighted by atomic mass is 10.00. The molecule has 0 radical (unpaired) electrons. The maximum Gasteiger partial charge on any atom is 0.338 e. The van der Waals surface area contributed by atoms with Gasteiger partial charge in [0.1, 0.15) is 74.8 Å². The maximum absolute atomic E-state index is 12.7. The SMILES string of the molecule is O=C(OCC(O)COc1ccc(Cc2ccc(OCC(O)COC(=O)c3ccc4c5c(ccc4c3)OCC=C5)cc2)cc1)c1ccc2c3c(ccc2c1)OCC=C3. The van der Waals surface area contributed by atoms with Gasteiger partial charge in [-0.05, 0) is 112 Å². The van der Waals surface area contributed by atoms with Crippen molar-refractivity contribution >= 4 is 45.6 Å². The predicted octanol–water partition coefficient (Wildman–Crippen LogP) is 7.59. The second-order valence-electron chi connectivity index (χ2n) is 13.8. The molecule has 10 nitrogen and oxygen atoms in total. The number of ether oxygens (including phenoxy) is 6. The van der Waals surface area contributed by atoms with Crippen molar-refractivity contribution in [3.05, 3.63) is 155 Å². The van der Waals surface area contributed by atoms with E-state index in [0.717, 1.165) is 55.3 Å². The summed E-state index contributed by atoms with van der Waals surface area (Å²) in [5, 5.41) is 24.6. The molecule has 6 aromatic carbocycles. The summed E-state index contributed by atoms with van der Waals surface area (Å²) in [5.74, 6) is 1.75. The number of fused-ring (bicyclic) bond motifs is 6. The summed E-state index contributed by atoms with van der Waals surface area (Å²) in [6.07, 6.45) is 6.61. The van der Waals surface area contributed by atoms with Crippen LogP contribution < -0.4 is 18.9 Å². The quantitative estimate of drug-likeness (QED) is 0.107. The van der Waals surface area contributed by atoms with E-state index in [1.165, 1.54) is 0 Å². The van der Waals surface area contributed by atoms with E-state index in [4.69, 9.17) is 28.4 Å². The first-order chi connectivity index (χ1) is 27.9. The predicted molar refractivity (Wildman–Crippen MR) is 216 cm³/mol. The molecule has 0 fully saturated rings. The van der Waals surface area contributed by atoms with Crippen LogP contribution in [-0.2, 0) is 15.9 Å². The highest BCUT2D eigenvalue weighted by Gasteiger charge is 2.17. The highest BCUT2D eigenvalue weighted by Crippen LogP contribution is 2.33. The molecule has 2 atom stereocenters. The Morgan fingerprint density at radius 2 is 0.982 bits per heavy atom. The molecule has 0 saturated carbocycles. The topological polar surface area (TPSA) is 130 Å². The maximum atomic E-state index is 12.7. The molecular weight excluding hydrogens is 725 g/mol. The van der Waals surface area contributed by atoms with E-state index in [0.29, 0.717) is 42.3 Å². The summed E-state index contributed by atoms with van der Waals surface area (Å²) in [6, 6.07) is 33.4. The molecule has 2 heterocycles. The Balaban J connectivity index is 0.740. The van der Waals surface area contributed by atoms with Gasteiger partial charge in [-0.2, -0.15) is 0 Å². The molecule has 0 aliphatic carbocycles. The van der Waals surface area contributed by atoms with E-state index < -0.39 is 24.1 Å². The number of hydrogen-bond acceptors (Lipinski definition) is 10. The highest BCUT2D eigenvalue weighted by atomic mass is 16.6. The summed E-state index contributed by atoms with van der Waals surface area (Å²) >= 11 is 0. The Bertz CT molecular complexity index is 2300. The smallest absolute Gasteiger partial charge is 0.338 e. The first-order valence-electron chi connectivity index (χ1n) is 18.7. The van der Waals surface area contributed by atoms with Crippen molar-refractivity contribution in [2.24, 2.45) is 0 Å². The van der Waals surface area contributed by atoms with Gasteiger partial charge >= 0.3 is 11.9 Å². The Kier molecular flexibility index (Phi) is 11.1. The van der Waals surface area contributed by atoms with Gasteiger partial charge in [0.25, 0.3) is 0 Å². The van der Waals surface area contributed by atoms with E-state index in [9.17, 15) is 19.8 Å². The van der Waals surface area contributed by atoms with Crippen LogP contribution >= 0.6 is 0 Å². The summed E-state index contributed by atoms with van der Waals surface area (Å²) in [7, 11) is 0. The van der Waals surface area contributed by atoms with Crippen molar-refractivity contribution in [2.75, 3.05) is 39.6 Å². The molecule has 0 saturated heterocycles. The largest absolute Gasteiger partial charge is 0.491 e. The molecule has 6 aromatic rings. The first kappa shape index (κ1) is 37.3. The minimum absolute atomic E-state index is 0.0398. The molecule has 2 unspecified atom stereocenters. The monoisotopic (exact) mass is 764 g/mol. The third kappa shape index (κ3) is 8.94. The number of hydrogen-bond donors (Lipinski definition) is 2. The van der Waals surface area contributed by atoms with Gasteiger partial charge in [-0.3, -0.25) is 0 Å². The van der Waals surface area contributed by atoms with Crippen LogP contribution in [-0.4, -0.2) is 74.0 Å². The number of esters is 2. The van der Waals surface area contributed by atoms with Crippen molar-refractivity contribution in [1.29, 1.82) is 0 Å². The van der Waals surface area contributed by atoms with Crippen molar-refractivity contribution in [3.8, 4) is 23.0 Å². The fraction of sp³-hybridized carbons (Fsp3) is 0.191. The standard InChI is InChI=1S/C47H40O10/c48-36(28-56-46(50)34-9-17-40-32(24-34)11-19-44-42(40)3-1-21-52-44)26-54-38-13-5-30(6-14-38)23-31-7-15-39(16-8-31)55-27-37(49)29-57-47(51)35-10-18-41-33(25-35)12-20-45-43(41)4-2-22-53-45/h1-20,24-25,36-37,48-49H,21-23,26-29H2. The number of aliphatic hydroxyl groups excluding tert-OH is 2. The first-order valence-corrected chi connectivity index (χ1v) is 18.7. The van der Waals surface area contributed by atoms with Crippen LogP contribution in [0.5, 0.6) is 23.0 Å². The van der Waals surface area contributed by atoms with Gasteiger partial charge in [-0.1, -0.05) is 60.7 Å². The van der Waals surface area contributed by atoms with Crippen LogP contribution in [0.15, 0.2) is 121 Å². The third-order valence-electron chi connectivity index (χ3n) is 9.71. The Labute approximate surface area is 329 Å². The van der Waals surface area contributed by atoms with E-state index >= 15 is 0 Å². The van der Waals surface area contributed by atoms with E-state index in [1.807, 2.05) is 109 Å². The van der Waals surface area contributed by atoms with Crippen LogP contribution in [0, 0.1) is 0 Å². The average molecular weight is 765 g/mol. The normalized spacial score (nSPS) is 13.8. The van der Waals surface area contributed by atoms with E-state index in [1.54, 1.807) is 24.3 Å². The molecule has 8 rings (SSSR count). The van der Waals surface area contributed by atoms with Crippen LogP contribution in [0.1, 0.15) is 43.0 Å². The van der Waals surface area contributed by atoms with Crippen LogP contribution in [0.25, 0.3) is 33.7 Å². The molecule has 2 aliphatic heterocycles. The van der Waals surface area contributed by atoms with Crippen molar-refractivity contribution in [1.82, 2.24) is 0 Å². The molecule has 0 amide bonds. The lowest BCUT2D eigenvalue weighted by Crippen LogP contribution is -2.25. The molecular formula is C47H40O10. The molecule has 288 valence electrons. The van der Waals surface area contributed by atoms with Gasteiger partial charge < -0.3 is 38.6 Å². The zero-order valence-electron chi connectivity index (χ0n) is 31.0. The Hall–Kier alpha value is -6.62. The minimum Gasteiger partial charge on any atom is -0.491 e. The summed E-state index contributed by atoms with van der Waals surface area (Å²) in [6.45, 7) is 0.594. The van der Waals surface area contributed by atoms with Gasteiger partial charge in [0.15, 0.2) is 0 Å². The number of rotatable bonds is 14. The second kappa shape index (κ2) is 17.0. The van der Waals surface area contributed by atoms with Crippen molar-refractivity contribution in [3.63, 3.8) is 0 Å². The molecule has 10 heteroatoms. The average Bonchev–Trinajstić information content (AvgIpc) is 3.26. The zero-order chi connectivity index (χ0) is 39.1. The van der Waals surface area contributed by atoms with Gasteiger partial charge in [0.2, 0.25) is 0 Å². The fourth-order valence-corrected chi connectivity index (χ4v) is 6.76. The van der Waals surface area contributed by atoms with Crippen molar-refractivity contribution in [2.45, 2.75) is 18.6 Å². The molecule has 0 aromatic heterocycles. The summed E-state index contributed by atoms with van der Waals surface area (Å²) in [4.78, 5) is 25.4. The van der Waals surface area contributed by atoms with Gasteiger partial charge in [0.05, 0.1) is 11.1 Å². The fourth-order valence-electron chi connectivity index (χ4n) is 6.76. The molecule has 2 N–H and O–H groups in total. The number of benzene rings is 6. The van der Waals surface area contributed by atoms with Crippen molar-refractivity contribution < 1.29 is 48.2 Å². The van der Waals surface area contributed by atoms with Crippen LogP contribution in [0.3, 0.4) is 0 Å².